The summed E-state index contributed by atoms with van der Waals surface area (Å²) in [6.07, 6.45) is 4.29. The number of amides is 1. The van der Waals surface area contributed by atoms with Crippen LogP contribution in [0.3, 0.4) is 0 Å². The minimum atomic E-state index is -0.723. The predicted octanol–water partition coefficient (Wildman–Crippen LogP) is 1.98. The van der Waals surface area contributed by atoms with Gasteiger partial charge < -0.3 is 19.9 Å². The Bertz CT molecular complexity index is 496. The zero-order valence-electron chi connectivity index (χ0n) is 11.9. The summed E-state index contributed by atoms with van der Waals surface area (Å²) in [5.74, 6) is 1.15. The molecule has 0 unspecified atom stereocenters. The number of nitrogens with zero attached hydrogens (tertiary/aromatic N) is 1. The van der Waals surface area contributed by atoms with E-state index in [1.54, 1.807) is 6.20 Å². The van der Waals surface area contributed by atoms with Gasteiger partial charge in [-0.15, -0.1) is 0 Å². The van der Waals surface area contributed by atoms with Crippen molar-refractivity contribution in [1.82, 2.24) is 4.98 Å². The molecule has 1 saturated carbocycles. The van der Waals surface area contributed by atoms with E-state index in [0.717, 1.165) is 31.6 Å². The van der Waals surface area contributed by atoms with Gasteiger partial charge in [0.2, 0.25) is 5.88 Å². The number of carbonyl (C=O) groups is 1. The van der Waals surface area contributed by atoms with Crippen LogP contribution in [-0.2, 0) is 9.47 Å². The third-order valence-corrected chi connectivity index (χ3v) is 4.07. The average molecular weight is 292 g/mol. The first-order valence-electron chi connectivity index (χ1n) is 7.38. The van der Waals surface area contributed by atoms with Gasteiger partial charge in [0.15, 0.2) is 0 Å². The summed E-state index contributed by atoms with van der Waals surface area (Å²) < 4.78 is 16.3. The number of pyridine rings is 1. The fourth-order valence-electron chi connectivity index (χ4n) is 2.85. The maximum atomic E-state index is 10.7. The van der Waals surface area contributed by atoms with Crippen LogP contribution in [0.4, 0.5) is 4.79 Å². The van der Waals surface area contributed by atoms with Crippen LogP contribution < -0.4 is 10.5 Å². The maximum Gasteiger partial charge on any atom is 0.404 e. The Labute approximate surface area is 123 Å². The molecule has 1 aliphatic carbocycles. The highest BCUT2D eigenvalue weighted by Gasteiger charge is 2.34. The quantitative estimate of drug-likeness (QED) is 0.917. The molecule has 2 heterocycles. The van der Waals surface area contributed by atoms with Crippen LogP contribution in [-0.4, -0.2) is 36.5 Å². The maximum absolute atomic E-state index is 10.7. The Morgan fingerprint density at radius 3 is 2.76 bits per heavy atom. The summed E-state index contributed by atoms with van der Waals surface area (Å²) in [5.41, 5.74) is 6.15. The van der Waals surface area contributed by atoms with Crippen molar-refractivity contribution in [3.8, 4) is 5.88 Å². The molecule has 3 rings (SSSR count). The fraction of sp³-hybridized carbons (Fsp3) is 0.600. The van der Waals surface area contributed by atoms with Gasteiger partial charge in [-0.3, -0.25) is 0 Å². The number of ether oxygens (including phenoxy) is 3. The van der Waals surface area contributed by atoms with Crippen molar-refractivity contribution >= 4 is 6.09 Å². The van der Waals surface area contributed by atoms with Crippen LogP contribution in [0.2, 0.25) is 0 Å². The van der Waals surface area contributed by atoms with Crippen LogP contribution in [0.25, 0.3) is 0 Å². The topological polar surface area (TPSA) is 83.7 Å². The van der Waals surface area contributed by atoms with Crippen LogP contribution in [0.5, 0.6) is 5.88 Å². The lowest BCUT2D eigenvalue weighted by Gasteiger charge is -2.34. The largest absolute Gasteiger partial charge is 0.474 e. The van der Waals surface area contributed by atoms with Gasteiger partial charge >= 0.3 is 6.09 Å². The van der Waals surface area contributed by atoms with E-state index < -0.39 is 6.09 Å². The fourth-order valence-corrected chi connectivity index (χ4v) is 2.85. The molecule has 0 atom stereocenters. The van der Waals surface area contributed by atoms with Gasteiger partial charge in [-0.2, -0.15) is 0 Å². The van der Waals surface area contributed by atoms with E-state index in [1.807, 2.05) is 6.07 Å². The van der Waals surface area contributed by atoms with E-state index >= 15 is 0 Å². The molecule has 2 fully saturated rings. The van der Waals surface area contributed by atoms with Crippen molar-refractivity contribution in [3.05, 3.63) is 23.9 Å². The lowest BCUT2D eigenvalue weighted by atomic mass is 9.90. The molecule has 0 bridgehead atoms. The Kier molecular flexibility index (Phi) is 4.24. The number of hydrogen-bond donors (Lipinski definition) is 1. The van der Waals surface area contributed by atoms with E-state index in [0.29, 0.717) is 24.6 Å². The molecule has 0 spiro atoms. The second-order valence-electron chi connectivity index (χ2n) is 5.55. The smallest absolute Gasteiger partial charge is 0.404 e. The molecule has 1 aliphatic heterocycles. The van der Waals surface area contributed by atoms with E-state index in [9.17, 15) is 4.79 Å². The summed E-state index contributed by atoms with van der Waals surface area (Å²) in [4.78, 5) is 15.0. The highest BCUT2D eigenvalue weighted by atomic mass is 16.6. The summed E-state index contributed by atoms with van der Waals surface area (Å²) in [6.45, 7) is 1.58. The van der Waals surface area contributed by atoms with Crippen LogP contribution in [0.1, 0.15) is 37.2 Å². The molecule has 0 radical (unpaired) electrons. The minimum absolute atomic E-state index is 0.0443. The van der Waals surface area contributed by atoms with Gasteiger partial charge in [-0.05, 0) is 24.8 Å². The molecular weight excluding hydrogens is 272 g/mol. The Morgan fingerprint density at radius 1 is 1.29 bits per heavy atom. The molecular formula is C15H20N2O4. The van der Waals surface area contributed by atoms with Gasteiger partial charge in [0.25, 0.3) is 0 Å². The van der Waals surface area contributed by atoms with Crippen molar-refractivity contribution in [2.24, 2.45) is 5.73 Å². The van der Waals surface area contributed by atoms with Gasteiger partial charge in [0, 0.05) is 37.8 Å². The third kappa shape index (κ3) is 3.44. The van der Waals surface area contributed by atoms with Gasteiger partial charge in [-0.1, -0.05) is 6.07 Å². The number of hydrogen-bond acceptors (Lipinski definition) is 5. The Morgan fingerprint density at radius 2 is 2.05 bits per heavy atom. The molecule has 1 aromatic rings. The minimum Gasteiger partial charge on any atom is -0.474 e. The number of aromatic nitrogens is 1. The van der Waals surface area contributed by atoms with Crippen molar-refractivity contribution in [2.75, 3.05) is 13.2 Å². The van der Waals surface area contributed by atoms with E-state index in [-0.39, 0.29) is 12.2 Å². The molecule has 1 saturated heterocycles. The van der Waals surface area contributed by atoms with Crippen LogP contribution in [0.15, 0.2) is 18.3 Å². The van der Waals surface area contributed by atoms with Gasteiger partial charge in [0.1, 0.15) is 12.2 Å². The molecule has 1 aromatic heterocycles. The van der Waals surface area contributed by atoms with E-state index in [4.69, 9.17) is 19.9 Å². The number of rotatable bonds is 4. The lowest BCUT2D eigenvalue weighted by molar-refractivity contribution is -0.0222. The van der Waals surface area contributed by atoms with Gasteiger partial charge in [-0.25, -0.2) is 9.78 Å². The van der Waals surface area contributed by atoms with Crippen molar-refractivity contribution in [2.45, 2.75) is 43.8 Å². The van der Waals surface area contributed by atoms with Crippen molar-refractivity contribution in [1.29, 1.82) is 0 Å². The number of primary amides is 1. The summed E-state index contributed by atoms with van der Waals surface area (Å²) in [6, 6.07) is 4.02. The zero-order chi connectivity index (χ0) is 14.7. The van der Waals surface area contributed by atoms with Crippen LogP contribution in [0, 0.1) is 0 Å². The van der Waals surface area contributed by atoms with Gasteiger partial charge in [0.05, 0.1) is 0 Å². The van der Waals surface area contributed by atoms with E-state index in [2.05, 4.69) is 11.1 Å². The Balaban J connectivity index is 1.60. The highest BCUT2D eigenvalue weighted by molar-refractivity contribution is 5.64. The molecule has 114 valence electrons. The molecule has 21 heavy (non-hydrogen) atoms. The molecule has 1 amide bonds. The molecule has 6 nitrogen and oxygen atoms in total. The first-order chi connectivity index (χ1) is 10.2. The van der Waals surface area contributed by atoms with Crippen LogP contribution >= 0.6 is 0 Å². The van der Waals surface area contributed by atoms with Crippen molar-refractivity contribution in [3.63, 3.8) is 0 Å². The molecule has 0 aromatic carbocycles. The highest BCUT2D eigenvalue weighted by Crippen LogP contribution is 2.35. The first-order valence-corrected chi connectivity index (χ1v) is 7.38. The predicted molar refractivity (Wildman–Crippen MR) is 75.1 cm³/mol. The van der Waals surface area contributed by atoms with Crippen molar-refractivity contribution < 1.29 is 19.0 Å². The molecule has 6 heteroatoms. The summed E-state index contributed by atoms with van der Waals surface area (Å²) in [5, 5.41) is 0. The number of nitrogens with two attached hydrogens (primary N) is 1. The second-order valence-corrected chi connectivity index (χ2v) is 5.55. The van der Waals surface area contributed by atoms with E-state index in [1.165, 1.54) is 0 Å². The molecule has 2 aliphatic rings. The standard InChI is InChI=1S/C15H20N2O4/c16-15(18)21-12-8-11(9-12)20-14-13(2-1-5-17-14)10-3-6-19-7-4-10/h1-2,5,10-12H,3-4,6-9H2,(H2,16,18). The normalized spacial score (nSPS) is 25.9. The third-order valence-electron chi connectivity index (χ3n) is 4.07. The second kappa shape index (κ2) is 6.30. The SMILES string of the molecule is NC(=O)OC1CC(Oc2ncccc2C2CCOCC2)C1. The summed E-state index contributed by atoms with van der Waals surface area (Å²) in [7, 11) is 0. The first kappa shape index (κ1) is 14.1. The average Bonchev–Trinajstić information content (AvgIpc) is 2.46. The summed E-state index contributed by atoms with van der Waals surface area (Å²) >= 11 is 0. The number of carbonyl (C=O) groups excluding carboxylic acids is 1. The monoisotopic (exact) mass is 292 g/mol. The zero-order valence-corrected chi connectivity index (χ0v) is 11.9. The lowest BCUT2D eigenvalue weighted by Crippen LogP contribution is -2.42. The Hall–Kier alpha value is -1.82. The molecule has 2 N–H and O–H groups in total.